The molecule has 306 valence electrons. The average Bonchev–Trinajstić information content (AvgIpc) is 3.58. The molecule has 2 aliphatic rings. The number of amides is 2. The molecule has 3 aromatic rings. The number of benzene rings is 3. The zero-order valence-electron chi connectivity index (χ0n) is 29.5. The van der Waals surface area contributed by atoms with E-state index in [1.165, 1.54) is 11.8 Å². The topological polar surface area (TPSA) is 102 Å². The number of carbonyl (C=O) groups is 2. The highest BCUT2D eigenvalue weighted by Gasteiger charge is 2.73. The van der Waals surface area contributed by atoms with Crippen LogP contribution in [0.15, 0.2) is 71.6 Å². The van der Waals surface area contributed by atoms with Crippen molar-refractivity contribution >= 4 is 21.7 Å². The number of piperidine rings is 1. The number of rotatable bonds is 10. The van der Waals surface area contributed by atoms with Crippen LogP contribution in [0.3, 0.4) is 0 Å². The van der Waals surface area contributed by atoms with Gasteiger partial charge in [-0.2, -0.15) is 26.3 Å². The monoisotopic (exact) mass is 828 g/mol. The Morgan fingerprint density at radius 1 is 0.821 bits per heavy atom. The van der Waals surface area contributed by atoms with Crippen LogP contribution in [-0.2, 0) is 41.1 Å². The van der Waals surface area contributed by atoms with Crippen molar-refractivity contribution < 1.29 is 76.1 Å². The van der Waals surface area contributed by atoms with Crippen LogP contribution >= 0.6 is 0 Å². The molecule has 5 rings (SSSR count). The average molecular weight is 829 g/mol. The largest absolute Gasteiger partial charge is 0.573 e. The van der Waals surface area contributed by atoms with Crippen LogP contribution in [0.1, 0.15) is 42.9 Å². The Labute approximate surface area is 314 Å². The molecule has 2 fully saturated rings. The van der Waals surface area contributed by atoms with Gasteiger partial charge in [0.1, 0.15) is 22.1 Å². The lowest BCUT2D eigenvalue weighted by atomic mass is 9.88. The molecule has 2 aliphatic heterocycles. The van der Waals surface area contributed by atoms with Crippen molar-refractivity contribution in [3.8, 4) is 11.5 Å². The smallest absolute Gasteiger partial charge is 0.496 e. The first-order valence-electron chi connectivity index (χ1n) is 16.8. The summed E-state index contributed by atoms with van der Waals surface area (Å²) in [6.07, 6.45) is -17.6. The zero-order chi connectivity index (χ0) is 41.5. The van der Waals surface area contributed by atoms with E-state index in [1.807, 2.05) is 0 Å². The lowest BCUT2D eigenvalue weighted by Crippen LogP contribution is -2.55. The number of methoxy groups -OCH3 is 1. The van der Waals surface area contributed by atoms with E-state index in [0.717, 1.165) is 55.6 Å². The van der Waals surface area contributed by atoms with Crippen molar-refractivity contribution in [2.24, 2.45) is 5.92 Å². The summed E-state index contributed by atoms with van der Waals surface area (Å²) in [6, 6.07) is 7.86. The number of ether oxygens (including phenoxy) is 3. The summed E-state index contributed by atoms with van der Waals surface area (Å²) >= 11 is 0. The molecular weight excluding hydrogens is 794 g/mol. The fourth-order valence-electron chi connectivity index (χ4n) is 7.11. The van der Waals surface area contributed by atoms with Gasteiger partial charge in [-0.15, -0.1) is 13.2 Å². The summed E-state index contributed by atoms with van der Waals surface area (Å²) in [4.78, 5) is 27.8. The molecule has 2 amide bonds. The third-order valence-electron chi connectivity index (χ3n) is 10.0. The van der Waals surface area contributed by atoms with Crippen molar-refractivity contribution in [3.63, 3.8) is 0 Å². The number of alkyl halides is 9. The summed E-state index contributed by atoms with van der Waals surface area (Å²) in [5.74, 6) is -3.46. The minimum atomic E-state index is -6.26. The van der Waals surface area contributed by atoms with Gasteiger partial charge in [-0.3, -0.25) is 9.59 Å². The second-order valence-corrected chi connectivity index (χ2v) is 15.6. The Balaban J connectivity index is 1.56. The lowest BCUT2D eigenvalue weighted by molar-refractivity contribution is -0.392. The van der Waals surface area contributed by atoms with Crippen LogP contribution in [0.25, 0.3) is 0 Å². The van der Waals surface area contributed by atoms with Gasteiger partial charge in [-0.25, -0.2) is 12.8 Å². The van der Waals surface area contributed by atoms with E-state index >= 15 is 0 Å². The van der Waals surface area contributed by atoms with Gasteiger partial charge in [-0.05, 0) is 67.3 Å². The number of hydrogen-bond donors (Lipinski definition) is 0. The number of sulfone groups is 1. The van der Waals surface area contributed by atoms with Gasteiger partial charge in [0.25, 0.3) is 5.60 Å². The van der Waals surface area contributed by atoms with E-state index in [1.54, 1.807) is 4.90 Å². The Hall–Kier alpha value is -4.59. The summed E-state index contributed by atoms with van der Waals surface area (Å²) in [7, 11) is -3.69. The molecule has 3 aromatic carbocycles. The summed E-state index contributed by atoms with van der Waals surface area (Å²) in [6.45, 7) is -0.428. The minimum Gasteiger partial charge on any atom is -0.496 e. The van der Waals surface area contributed by atoms with Crippen molar-refractivity contribution in [3.05, 3.63) is 89.2 Å². The van der Waals surface area contributed by atoms with E-state index in [2.05, 4.69) is 9.47 Å². The number of halogens is 10. The van der Waals surface area contributed by atoms with Crippen LogP contribution in [0.2, 0.25) is 0 Å². The first-order chi connectivity index (χ1) is 26.0. The van der Waals surface area contributed by atoms with Crippen molar-refractivity contribution in [2.45, 2.75) is 66.8 Å². The highest BCUT2D eigenvalue weighted by Crippen LogP contribution is 2.54. The molecule has 9 nitrogen and oxygen atoms in total. The van der Waals surface area contributed by atoms with Crippen molar-refractivity contribution in [1.29, 1.82) is 0 Å². The third-order valence-corrected chi connectivity index (χ3v) is 12.5. The quantitative estimate of drug-likeness (QED) is 0.155. The third kappa shape index (κ3) is 8.12. The van der Waals surface area contributed by atoms with Crippen LogP contribution in [0.4, 0.5) is 43.9 Å². The Kier molecular flexibility index (Phi) is 11.7. The van der Waals surface area contributed by atoms with Gasteiger partial charge < -0.3 is 24.0 Å². The van der Waals surface area contributed by atoms with Gasteiger partial charge in [0, 0.05) is 50.1 Å². The molecule has 20 heteroatoms. The number of nitrogens with zero attached hydrogens (tertiary/aromatic N) is 2. The molecular formula is C36H34F10N2O7S. The second-order valence-electron chi connectivity index (χ2n) is 13.3. The molecule has 0 N–H and O–H groups in total. The maximum Gasteiger partial charge on any atom is 0.573 e. The van der Waals surface area contributed by atoms with Crippen molar-refractivity contribution in [1.82, 2.24) is 9.80 Å². The van der Waals surface area contributed by atoms with Crippen LogP contribution in [0.5, 0.6) is 11.5 Å². The van der Waals surface area contributed by atoms with Crippen LogP contribution in [0, 0.1) is 11.7 Å². The lowest BCUT2D eigenvalue weighted by Gasteiger charge is -2.38. The Morgan fingerprint density at radius 3 is 1.93 bits per heavy atom. The number of likely N-dealkylation sites (tertiary alicyclic amines) is 2. The van der Waals surface area contributed by atoms with Gasteiger partial charge in [-0.1, -0.05) is 24.3 Å². The summed E-state index contributed by atoms with van der Waals surface area (Å²) < 4.78 is 181. The van der Waals surface area contributed by atoms with Crippen LogP contribution < -0.4 is 9.47 Å². The summed E-state index contributed by atoms with van der Waals surface area (Å²) in [5.41, 5.74) is -7.62. The van der Waals surface area contributed by atoms with E-state index in [9.17, 15) is 61.9 Å². The van der Waals surface area contributed by atoms with Gasteiger partial charge in [0.05, 0.1) is 18.6 Å². The van der Waals surface area contributed by atoms with Gasteiger partial charge >= 0.3 is 18.7 Å². The Morgan fingerprint density at radius 2 is 1.41 bits per heavy atom. The molecule has 0 spiro atoms. The molecule has 0 radical (unpaired) electrons. The Bertz CT molecular complexity index is 2000. The van der Waals surface area contributed by atoms with E-state index in [-0.39, 0.29) is 50.4 Å². The first-order valence-corrected chi connectivity index (χ1v) is 18.3. The SMILES string of the molecule is COc1ccc(OC(F)(F)F)cc1COC(c1ccc([C@]2(S(=O)(=O)c3ccc(F)cc3)CCN(C(=O)C3CCN(C(C)=O)CC3)C2)cc1)(C(F)(F)F)C(F)(F)F. The molecule has 0 aliphatic carbocycles. The molecule has 0 aromatic heterocycles. The molecule has 2 heterocycles. The molecule has 56 heavy (non-hydrogen) atoms. The minimum absolute atomic E-state index is 0.176. The van der Waals surface area contributed by atoms with Crippen molar-refractivity contribution in [2.75, 3.05) is 33.3 Å². The van der Waals surface area contributed by atoms with E-state index in [0.29, 0.717) is 18.2 Å². The van der Waals surface area contributed by atoms with E-state index < -0.39 is 97.2 Å². The molecule has 0 saturated carbocycles. The maximum absolute atomic E-state index is 14.8. The molecule has 0 bridgehead atoms. The predicted molar refractivity (Wildman–Crippen MR) is 176 cm³/mol. The first kappa shape index (κ1) is 42.6. The molecule has 1 atom stereocenters. The number of hydrogen-bond acceptors (Lipinski definition) is 7. The van der Waals surface area contributed by atoms with E-state index in [4.69, 9.17) is 4.74 Å². The summed E-state index contributed by atoms with van der Waals surface area (Å²) in [5, 5.41) is 0. The molecule has 0 unspecified atom stereocenters. The second kappa shape index (κ2) is 15.4. The predicted octanol–water partition coefficient (Wildman–Crippen LogP) is 7.43. The normalized spacial score (nSPS) is 18.9. The highest BCUT2D eigenvalue weighted by atomic mass is 32.2. The maximum atomic E-state index is 14.8. The fourth-order valence-corrected chi connectivity index (χ4v) is 9.19. The zero-order valence-corrected chi connectivity index (χ0v) is 30.3. The van der Waals surface area contributed by atoms with Crippen LogP contribution in [-0.4, -0.2) is 82.0 Å². The standard InChI is InChI=1S/C36H34F10N2O7S/c1-22(49)47-16-13-23(14-17-47)31(50)48-18-15-32(21-48,56(51,52)29-10-7-27(37)8-11-29)25-3-5-26(6-4-25)33(34(38,39)40,35(41,42)43)54-20-24-19-28(55-36(44,45)46)9-12-30(24)53-2/h3-12,19,23H,13-18,20-21H2,1-2H3/t32-/m0/s1. The van der Waals surface area contributed by atoms with Gasteiger partial charge in [0.15, 0.2) is 9.84 Å². The fraction of sp³-hybridized carbons (Fsp3) is 0.444. The number of carbonyl (C=O) groups excluding carboxylic acids is 2. The molecule has 2 saturated heterocycles. The highest BCUT2D eigenvalue weighted by molar-refractivity contribution is 7.92. The van der Waals surface area contributed by atoms with Gasteiger partial charge in [0.2, 0.25) is 11.8 Å².